The minimum atomic E-state index is -0.889. The van der Waals surface area contributed by atoms with Gasteiger partial charge in [0.15, 0.2) is 0 Å². The van der Waals surface area contributed by atoms with Crippen LogP contribution >= 0.6 is 0 Å². The third kappa shape index (κ3) is 2.38. The van der Waals surface area contributed by atoms with Crippen LogP contribution in [0.5, 0.6) is 11.5 Å². The Bertz CT molecular complexity index is 707. The summed E-state index contributed by atoms with van der Waals surface area (Å²) < 4.78 is 5.22. The number of phenolic OH excluding ortho intramolecular Hbond substituents is 1. The van der Waals surface area contributed by atoms with Crippen LogP contribution in [0.15, 0.2) is 65.7 Å². The minimum absolute atomic E-state index is 0.181. The molecule has 2 aromatic carbocycles. The normalized spacial score (nSPS) is 21.0. The predicted molar refractivity (Wildman–Crippen MR) is 85.4 cm³/mol. The first-order chi connectivity index (χ1) is 10.7. The summed E-state index contributed by atoms with van der Waals surface area (Å²) in [7, 11) is 1.59. The van der Waals surface area contributed by atoms with Gasteiger partial charge in [0.05, 0.1) is 7.11 Å². The molecule has 3 rings (SSSR count). The fourth-order valence-electron chi connectivity index (χ4n) is 2.68. The second-order valence-electron chi connectivity index (χ2n) is 5.19. The topological polar surface area (TPSA) is 62.0 Å². The van der Waals surface area contributed by atoms with Crippen LogP contribution in [0.3, 0.4) is 0 Å². The van der Waals surface area contributed by atoms with Gasteiger partial charge in [-0.3, -0.25) is 4.99 Å². The first-order valence-electron chi connectivity index (χ1n) is 7.00. The van der Waals surface area contributed by atoms with Crippen molar-refractivity contribution in [3.8, 4) is 11.5 Å². The largest absolute Gasteiger partial charge is 0.508 e. The van der Waals surface area contributed by atoms with Crippen molar-refractivity contribution in [2.24, 2.45) is 4.99 Å². The molecule has 4 nitrogen and oxygen atoms in total. The smallest absolute Gasteiger partial charge is 0.134 e. The van der Waals surface area contributed by atoms with E-state index in [0.29, 0.717) is 5.75 Å². The summed E-state index contributed by atoms with van der Waals surface area (Å²) in [6.07, 6.45) is 4.50. The van der Waals surface area contributed by atoms with Crippen molar-refractivity contribution in [3.63, 3.8) is 0 Å². The van der Waals surface area contributed by atoms with Crippen molar-refractivity contribution < 1.29 is 14.9 Å². The molecule has 2 N–H and O–H groups in total. The molecular weight excluding hydrogens is 278 g/mol. The van der Waals surface area contributed by atoms with Gasteiger partial charge in [-0.15, -0.1) is 0 Å². The van der Waals surface area contributed by atoms with E-state index in [2.05, 4.69) is 4.99 Å². The molecule has 0 saturated carbocycles. The van der Waals surface area contributed by atoms with E-state index in [-0.39, 0.29) is 5.75 Å². The molecule has 0 fully saturated rings. The zero-order chi connectivity index (χ0) is 15.6. The minimum Gasteiger partial charge on any atom is -0.508 e. The third-order valence-electron chi connectivity index (χ3n) is 3.88. The highest BCUT2D eigenvalue weighted by molar-refractivity contribution is 5.76. The lowest BCUT2D eigenvalue weighted by Gasteiger charge is -2.31. The summed E-state index contributed by atoms with van der Waals surface area (Å²) >= 11 is 0. The van der Waals surface area contributed by atoms with Crippen molar-refractivity contribution in [1.29, 1.82) is 0 Å². The Kier molecular flexibility index (Phi) is 3.69. The molecule has 2 unspecified atom stereocenters. The van der Waals surface area contributed by atoms with E-state index in [9.17, 15) is 10.2 Å². The summed E-state index contributed by atoms with van der Waals surface area (Å²) in [5, 5.41) is 20.4. The van der Waals surface area contributed by atoms with E-state index in [1.807, 2.05) is 30.4 Å². The molecule has 112 valence electrons. The molecule has 0 aromatic heterocycles. The first kappa shape index (κ1) is 14.4. The van der Waals surface area contributed by atoms with Gasteiger partial charge in [-0.2, -0.15) is 0 Å². The van der Waals surface area contributed by atoms with Crippen LogP contribution in [-0.2, 0) is 5.54 Å². The summed E-state index contributed by atoms with van der Waals surface area (Å²) in [5.74, 6) is 0.865. The Balaban J connectivity index is 2.05. The quantitative estimate of drug-likeness (QED) is 0.911. The number of ether oxygens (including phenoxy) is 1. The predicted octanol–water partition coefficient (Wildman–Crippen LogP) is 2.97. The molecule has 0 radical (unpaired) electrons. The van der Waals surface area contributed by atoms with E-state index in [1.54, 1.807) is 43.7 Å². The number of hydrogen-bond acceptors (Lipinski definition) is 4. The number of aliphatic hydroxyl groups is 1. The molecule has 1 heterocycles. The Morgan fingerprint density at radius 3 is 2.55 bits per heavy atom. The van der Waals surface area contributed by atoms with Gasteiger partial charge in [0.2, 0.25) is 0 Å². The molecule has 1 aliphatic rings. The molecule has 22 heavy (non-hydrogen) atoms. The second kappa shape index (κ2) is 5.66. The average Bonchev–Trinajstić information content (AvgIpc) is 3.05. The van der Waals surface area contributed by atoms with Crippen molar-refractivity contribution in [2.45, 2.75) is 11.6 Å². The van der Waals surface area contributed by atoms with Gasteiger partial charge in [0, 0.05) is 6.21 Å². The summed E-state index contributed by atoms with van der Waals surface area (Å²) in [6.45, 7) is 0. The van der Waals surface area contributed by atoms with Gasteiger partial charge in [0.25, 0.3) is 0 Å². The fourth-order valence-corrected chi connectivity index (χ4v) is 2.68. The van der Waals surface area contributed by atoms with Crippen LogP contribution < -0.4 is 4.74 Å². The molecule has 0 amide bonds. The van der Waals surface area contributed by atoms with Gasteiger partial charge in [-0.1, -0.05) is 24.3 Å². The average molecular weight is 295 g/mol. The standard InChI is InChI=1S/C18H17NO3/c1-22-16-5-2-4-13(12-16)17(21)18(10-3-11-19-18)14-6-8-15(20)9-7-14/h2-12,17,20-21H,1H3. The maximum Gasteiger partial charge on any atom is 0.134 e. The van der Waals surface area contributed by atoms with Gasteiger partial charge >= 0.3 is 0 Å². The van der Waals surface area contributed by atoms with Gasteiger partial charge in [0.1, 0.15) is 23.1 Å². The Hall–Kier alpha value is -2.59. The second-order valence-corrected chi connectivity index (χ2v) is 5.19. The van der Waals surface area contributed by atoms with E-state index in [4.69, 9.17) is 4.74 Å². The molecular formula is C18H17NO3. The van der Waals surface area contributed by atoms with Gasteiger partial charge in [-0.25, -0.2) is 0 Å². The first-order valence-corrected chi connectivity index (χ1v) is 7.00. The number of aliphatic hydroxyl groups excluding tert-OH is 1. The molecule has 2 atom stereocenters. The Morgan fingerprint density at radius 1 is 1.14 bits per heavy atom. The summed E-state index contributed by atoms with van der Waals surface area (Å²) in [5.41, 5.74) is 0.641. The van der Waals surface area contributed by atoms with Crippen molar-refractivity contribution in [3.05, 3.63) is 71.8 Å². The lowest BCUT2D eigenvalue weighted by Crippen LogP contribution is -2.28. The van der Waals surface area contributed by atoms with Crippen molar-refractivity contribution in [2.75, 3.05) is 7.11 Å². The monoisotopic (exact) mass is 295 g/mol. The SMILES string of the molecule is COc1cccc(C(O)C2(c3ccc(O)cc3)C=CC=N2)c1. The molecule has 0 bridgehead atoms. The fraction of sp³-hybridized carbons (Fsp3) is 0.167. The number of allylic oxidation sites excluding steroid dienone is 1. The lowest BCUT2D eigenvalue weighted by atomic mass is 9.82. The van der Waals surface area contributed by atoms with Crippen LogP contribution in [-0.4, -0.2) is 23.5 Å². The highest BCUT2D eigenvalue weighted by atomic mass is 16.5. The molecule has 0 spiro atoms. The van der Waals surface area contributed by atoms with Gasteiger partial charge in [-0.05, 0) is 47.5 Å². The number of phenols is 1. The van der Waals surface area contributed by atoms with Crippen LogP contribution in [0.4, 0.5) is 0 Å². The lowest BCUT2D eigenvalue weighted by molar-refractivity contribution is 0.112. The number of nitrogens with zero attached hydrogens (tertiary/aromatic N) is 1. The van der Waals surface area contributed by atoms with Gasteiger partial charge < -0.3 is 14.9 Å². The summed E-state index contributed by atoms with van der Waals surface area (Å²) in [6, 6.07) is 14.0. The van der Waals surface area contributed by atoms with E-state index in [0.717, 1.165) is 11.1 Å². The van der Waals surface area contributed by atoms with Crippen LogP contribution in [0, 0.1) is 0 Å². The summed E-state index contributed by atoms with van der Waals surface area (Å²) in [4.78, 5) is 4.49. The van der Waals surface area contributed by atoms with E-state index in [1.165, 1.54) is 0 Å². The molecule has 1 aliphatic heterocycles. The van der Waals surface area contributed by atoms with Crippen molar-refractivity contribution in [1.82, 2.24) is 0 Å². The highest BCUT2D eigenvalue weighted by Crippen LogP contribution is 2.42. The number of aliphatic imine (C=N–C) groups is 1. The van der Waals surface area contributed by atoms with Crippen LogP contribution in [0.1, 0.15) is 17.2 Å². The van der Waals surface area contributed by atoms with E-state index < -0.39 is 11.6 Å². The van der Waals surface area contributed by atoms with E-state index >= 15 is 0 Å². The molecule has 4 heteroatoms. The highest BCUT2D eigenvalue weighted by Gasteiger charge is 2.39. The molecule has 0 saturated heterocycles. The third-order valence-corrected chi connectivity index (χ3v) is 3.88. The zero-order valence-electron chi connectivity index (χ0n) is 12.2. The Labute approximate surface area is 129 Å². The molecule has 2 aromatic rings. The van der Waals surface area contributed by atoms with Crippen LogP contribution in [0.2, 0.25) is 0 Å². The number of benzene rings is 2. The Morgan fingerprint density at radius 2 is 1.91 bits per heavy atom. The number of methoxy groups -OCH3 is 1. The molecule has 0 aliphatic carbocycles. The number of aromatic hydroxyl groups is 1. The number of hydrogen-bond donors (Lipinski definition) is 2. The maximum absolute atomic E-state index is 10.9. The zero-order valence-corrected chi connectivity index (χ0v) is 12.2. The number of rotatable bonds is 4. The van der Waals surface area contributed by atoms with Crippen molar-refractivity contribution >= 4 is 6.21 Å². The maximum atomic E-state index is 10.9. The van der Waals surface area contributed by atoms with Crippen LogP contribution in [0.25, 0.3) is 0 Å².